The highest BCUT2D eigenvalue weighted by Gasteiger charge is 2.17. The van der Waals surface area contributed by atoms with Crippen molar-refractivity contribution < 1.29 is 4.79 Å². The Hall–Kier alpha value is -2.90. The average Bonchev–Trinajstić information content (AvgIpc) is 3.18. The second kappa shape index (κ2) is 9.28. The number of benzene rings is 3. The molecule has 5 nitrogen and oxygen atoms in total. The standard InChI is InChI=1S/C23H19BrN4OS/c1-16-8-7-9-17(14-16)22-26-27-23(28(22)18-10-3-2-4-11-18)30-15-21(29)25-20-13-6-5-12-19(20)24/h2-14H,15H2,1H3,(H,25,29). The molecule has 30 heavy (non-hydrogen) atoms. The molecule has 0 aliphatic rings. The first-order chi connectivity index (χ1) is 14.6. The number of para-hydroxylation sites is 2. The Morgan fingerprint density at radius 3 is 2.53 bits per heavy atom. The van der Waals surface area contributed by atoms with E-state index in [0.29, 0.717) is 5.16 Å². The number of rotatable bonds is 6. The van der Waals surface area contributed by atoms with Crippen molar-refractivity contribution in [2.75, 3.05) is 11.1 Å². The van der Waals surface area contributed by atoms with Gasteiger partial charge in [-0.25, -0.2) is 0 Å². The fourth-order valence-electron chi connectivity index (χ4n) is 3.02. The van der Waals surface area contributed by atoms with E-state index in [-0.39, 0.29) is 11.7 Å². The van der Waals surface area contributed by atoms with Gasteiger partial charge in [0.1, 0.15) is 0 Å². The zero-order valence-electron chi connectivity index (χ0n) is 16.2. The Bertz CT molecular complexity index is 1180. The van der Waals surface area contributed by atoms with Crippen LogP contribution in [0.5, 0.6) is 0 Å². The minimum absolute atomic E-state index is 0.105. The van der Waals surface area contributed by atoms with Gasteiger partial charge in [-0.1, -0.05) is 65.9 Å². The van der Waals surface area contributed by atoms with E-state index in [4.69, 9.17) is 0 Å². The van der Waals surface area contributed by atoms with Gasteiger partial charge in [-0.2, -0.15) is 0 Å². The number of carbonyl (C=O) groups excluding carboxylic acids is 1. The normalized spacial score (nSPS) is 10.7. The van der Waals surface area contributed by atoms with Crippen LogP contribution in [0.3, 0.4) is 0 Å². The first-order valence-electron chi connectivity index (χ1n) is 9.37. The number of carbonyl (C=O) groups is 1. The van der Waals surface area contributed by atoms with Crippen LogP contribution in [-0.2, 0) is 4.79 Å². The topological polar surface area (TPSA) is 59.8 Å². The summed E-state index contributed by atoms with van der Waals surface area (Å²) in [6, 6.07) is 25.6. The van der Waals surface area contributed by atoms with Gasteiger partial charge in [0.15, 0.2) is 11.0 Å². The lowest BCUT2D eigenvalue weighted by Gasteiger charge is -2.11. The van der Waals surface area contributed by atoms with Crippen LogP contribution < -0.4 is 5.32 Å². The largest absolute Gasteiger partial charge is 0.324 e. The summed E-state index contributed by atoms with van der Waals surface area (Å²) in [5, 5.41) is 12.4. The summed E-state index contributed by atoms with van der Waals surface area (Å²) >= 11 is 4.81. The molecule has 3 aromatic carbocycles. The number of halogens is 1. The molecule has 0 saturated heterocycles. The monoisotopic (exact) mass is 478 g/mol. The zero-order chi connectivity index (χ0) is 20.9. The van der Waals surface area contributed by atoms with E-state index in [1.807, 2.05) is 71.3 Å². The Labute approximate surface area is 187 Å². The maximum absolute atomic E-state index is 12.5. The molecule has 1 amide bonds. The number of nitrogens with zero attached hydrogens (tertiary/aromatic N) is 3. The van der Waals surface area contributed by atoms with Crippen LogP contribution in [0.2, 0.25) is 0 Å². The molecule has 0 atom stereocenters. The number of aromatic nitrogens is 3. The van der Waals surface area contributed by atoms with Gasteiger partial charge >= 0.3 is 0 Å². The van der Waals surface area contributed by atoms with Crippen molar-refractivity contribution in [3.63, 3.8) is 0 Å². The Kier molecular flexibility index (Phi) is 6.30. The minimum Gasteiger partial charge on any atom is -0.324 e. The highest BCUT2D eigenvalue weighted by Crippen LogP contribution is 2.29. The molecule has 1 heterocycles. The molecule has 4 rings (SSSR count). The van der Waals surface area contributed by atoms with Crippen molar-refractivity contribution >= 4 is 39.3 Å². The fourth-order valence-corrected chi connectivity index (χ4v) is 4.16. The van der Waals surface area contributed by atoms with Gasteiger partial charge in [0, 0.05) is 15.7 Å². The average molecular weight is 479 g/mol. The number of aryl methyl sites for hydroxylation is 1. The lowest BCUT2D eigenvalue weighted by Crippen LogP contribution is -2.15. The molecule has 0 aliphatic carbocycles. The Morgan fingerprint density at radius 1 is 1.00 bits per heavy atom. The van der Waals surface area contributed by atoms with E-state index in [9.17, 15) is 4.79 Å². The van der Waals surface area contributed by atoms with Gasteiger partial charge in [-0.3, -0.25) is 9.36 Å². The Morgan fingerprint density at radius 2 is 1.77 bits per heavy atom. The summed E-state index contributed by atoms with van der Waals surface area (Å²) in [5.74, 6) is 0.866. The molecule has 0 bridgehead atoms. The Balaban J connectivity index is 1.60. The van der Waals surface area contributed by atoms with E-state index in [1.165, 1.54) is 11.8 Å². The molecule has 0 spiro atoms. The van der Waals surface area contributed by atoms with Crippen LogP contribution in [-0.4, -0.2) is 26.4 Å². The third-order valence-corrected chi connectivity index (χ3v) is 6.02. The van der Waals surface area contributed by atoms with Crippen molar-refractivity contribution in [3.05, 3.63) is 88.9 Å². The molecule has 4 aromatic rings. The minimum atomic E-state index is -0.105. The van der Waals surface area contributed by atoms with Gasteiger partial charge in [0.05, 0.1) is 11.4 Å². The quantitative estimate of drug-likeness (QED) is 0.359. The predicted molar refractivity (Wildman–Crippen MR) is 125 cm³/mol. The van der Waals surface area contributed by atoms with Crippen LogP contribution in [0.4, 0.5) is 5.69 Å². The van der Waals surface area contributed by atoms with Crippen molar-refractivity contribution in [1.29, 1.82) is 0 Å². The summed E-state index contributed by atoms with van der Waals surface area (Å²) in [7, 11) is 0. The molecule has 1 N–H and O–H groups in total. The van der Waals surface area contributed by atoms with Crippen molar-refractivity contribution in [2.45, 2.75) is 12.1 Å². The highest BCUT2D eigenvalue weighted by molar-refractivity contribution is 9.10. The van der Waals surface area contributed by atoms with Gasteiger partial charge in [0.2, 0.25) is 5.91 Å². The summed E-state index contributed by atoms with van der Waals surface area (Å²) in [4.78, 5) is 12.5. The molecule has 150 valence electrons. The van der Waals surface area contributed by atoms with Crippen LogP contribution in [0.15, 0.2) is 88.5 Å². The first-order valence-corrected chi connectivity index (χ1v) is 11.1. The van der Waals surface area contributed by atoms with Crippen LogP contribution >= 0.6 is 27.7 Å². The summed E-state index contributed by atoms with van der Waals surface area (Å²) in [5.41, 5.74) is 3.83. The zero-order valence-corrected chi connectivity index (χ0v) is 18.7. The van der Waals surface area contributed by atoms with Gasteiger partial charge in [0.25, 0.3) is 0 Å². The molecule has 0 aliphatic heterocycles. The van der Waals surface area contributed by atoms with E-state index in [1.54, 1.807) is 0 Å². The van der Waals surface area contributed by atoms with Gasteiger partial charge < -0.3 is 5.32 Å². The summed E-state index contributed by atoms with van der Waals surface area (Å²) < 4.78 is 2.84. The predicted octanol–water partition coefficient (Wildman–Crippen LogP) is 5.74. The van der Waals surface area contributed by atoms with Crippen molar-refractivity contribution in [3.8, 4) is 17.1 Å². The molecule has 0 unspecified atom stereocenters. The fraction of sp³-hybridized carbons (Fsp3) is 0.0870. The number of hydrogen-bond acceptors (Lipinski definition) is 4. The van der Waals surface area contributed by atoms with E-state index in [2.05, 4.69) is 50.5 Å². The number of amides is 1. The molecule has 0 radical (unpaired) electrons. The molecule has 7 heteroatoms. The van der Waals surface area contributed by atoms with E-state index in [0.717, 1.165) is 32.8 Å². The van der Waals surface area contributed by atoms with E-state index >= 15 is 0 Å². The van der Waals surface area contributed by atoms with Crippen LogP contribution in [0.1, 0.15) is 5.56 Å². The lowest BCUT2D eigenvalue weighted by molar-refractivity contribution is -0.113. The SMILES string of the molecule is Cc1cccc(-c2nnc(SCC(=O)Nc3ccccc3Br)n2-c2ccccc2)c1. The summed E-state index contributed by atoms with van der Waals surface area (Å²) in [6.45, 7) is 2.05. The number of anilines is 1. The second-order valence-electron chi connectivity index (χ2n) is 6.66. The van der Waals surface area contributed by atoms with Gasteiger partial charge in [-0.15, -0.1) is 10.2 Å². The number of thioether (sulfide) groups is 1. The van der Waals surface area contributed by atoms with Crippen molar-refractivity contribution in [2.24, 2.45) is 0 Å². The highest BCUT2D eigenvalue weighted by atomic mass is 79.9. The number of nitrogens with one attached hydrogen (secondary N) is 1. The third-order valence-electron chi connectivity index (χ3n) is 4.40. The summed E-state index contributed by atoms with van der Waals surface area (Å²) in [6.07, 6.45) is 0. The van der Waals surface area contributed by atoms with E-state index < -0.39 is 0 Å². The van der Waals surface area contributed by atoms with Crippen LogP contribution in [0, 0.1) is 6.92 Å². The maximum Gasteiger partial charge on any atom is 0.234 e. The lowest BCUT2D eigenvalue weighted by atomic mass is 10.1. The molecule has 0 fully saturated rings. The third kappa shape index (κ3) is 4.63. The molecular weight excluding hydrogens is 460 g/mol. The molecular formula is C23H19BrN4OS. The first kappa shape index (κ1) is 20.4. The maximum atomic E-state index is 12.5. The van der Waals surface area contributed by atoms with Gasteiger partial charge in [-0.05, 0) is 53.2 Å². The number of hydrogen-bond donors (Lipinski definition) is 1. The smallest absolute Gasteiger partial charge is 0.234 e. The molecule has 0 saturated carbocycles. The van der Waals surface area contributed by atoms with Crippen molar-refractivity contribution in [1.82, 2.24) is 14.8 Å². The molecule has 1 aromatic heterocycles. The second-order valence-corrected chi connectivity index (χ2v) is 8.46. The van der Waals surface area contributed by atoms with Crippen LogP contribution in [0.25, 0.3) is 17.1 Å².